The van der Waals surface area contributed by atoms with E-state index >= 15 is 0 Å². The van der Waals surface area contributed by atoms with Gasteiger partial charge in [-0.2, -0.15) is 0 Å². The molecule has 0 aromatic heterocycles. The summed E-state index contributed by atoms with van der Waals surface area (Å²) in [6, 6.07) is 4.08. The lowest BCUT2D eigenvalue weighted by atomic mass is 10.1. The first-order valence-electron chi connectivity index (χ1n) is 7.30. The van der Waals surface area contributed by atoms with Gasteiger partial charge in [-0.15, -0.1) is 0 Å². The Labute approximate surface area is 133 Å². The predicted molar refractivity (Wildman–Crippen MR) is 80.8 cm³/mol. The van der Waals surface area contributed by atoms with E-state index in [9.17, 15) is 18.4 Å². The fourth-order valence-corrected chi connectivity index (χ4v) is 1.89. The van der Waals surface area contributed by atoms with Gasteiger partial charge in [0.05, 0.1) is 6.61 Å². The van der Waals surface area contributed by atoms with Crippen LogP contribution in [0.1, 0.15) is 30.4 Å². The number of amides is 1. The van der Waals surface area contributed by atoms with E-state index < -0.39 is 30.8 Å². The summed E-state index contributed by atoms with van der Waals surface area (Å²) in [5, 5.41) is 10.9. The molecule has 0 aliphatic carbocycles. The van der Waals surface area contributed by atoms with Gasteiger partial charge in [0.2, 0.25) is 12.3 Å². The van der Waals surface area contributed by atoms with Crippen LogP contribution in [0.5, 0.6) is 5.75 Å². The third-order valence-corrected chi connectivity index (χ3v) is 3.34. The molecule has 0 radical (unpaired) electrons. The van der Waals surface area contributed by atoms with E-state index in [2.05, 4.69) is 5.32 Å². The van der Waals surface area contributed by atoms with Crippen LogP contribution in [-0.2, 0) is 9.59 Å². The van der Waals surface area contributed by atoms with Crippen molar-refractivity contribution in [1.29, 1.82) is 0 Å². The first kappa shape index (κ1) is 18.9. The number of rotatable bonds is 9. The summed E-state index contributed by atoms with van der Waals surface area (Å²) >= 11 is 0. The van der Waals surface area contributed by atoms with E-state index in [-0.39, 0.29) is 13.0 Å². The van der Waals surface area contributed by atoms with Gasteiger partial charge in [-0.25, -0.2) is 13.6 Å². The number of ether oxygens (including phenoxy) is 1. The lowest BCUT2D eigenvalue weighted by Gasteiger charge is -2.14. The highest BCUT2D eigenvalue weighted by molar-refractivity contribution is 5.83. The van der Waals surface area contributed by atoms with Gasteiger partial charge in [0.25, 0.3) is 0 Å². The molecule has 1 rings (SSSR count). The summed E-state index contributed by atoms with van der Waals surface area (Å²) in [7, 11) is 0. The molecule has 1 atom stereocenters. The lowest BCUT2D eigenvalue weighted by molar-refractivity contribution is -0.143. The van der Waals surface area contributed by atoms with Gasteiger partial charge in [-0.1, -0.05) is 6.07 Å². The quantitative estimate of drug-likeness (QED) is 0.683. The number of nitrogens with one attached hydrogen (secondary N) is 1. The number of aliphatic carboxylic acids is 1. The Morgan fingerprint density at radius 1 is 1.26 bits per heavy atom. The van der Waals surface area contributed by atoms with Crippen LogP contribution in [0, 0.1) is 13.8 Å². The lowest BCUT2D eigenvalue weighted by Crippen LogP contribution is -2.42. The van der Waals surface area contributed by atoms with Crippen LogP contribution in [0.15, 0.2) is 18.2 Å². The molecule has 23 heavy (non-hydrogen) atoms. The number of carboxylic acids is 1. The van der Waals surface area contributed by atoms with Gasteiger partial charge in [-0.05, 0) is 43.5 Å². The number of carbonyl (C=O) groups excluding carboxylic acids is 1. The number of halogens is 2. The molecule has 0 heterocycles. The zero-order valence-electron chi connectivity index (χ0n) is 13.1. The van der Waals surface area contributed by atoms with Crippen molar-refractivity contribution in [2.24, 2.45) is 0 Å². The standard InChI is InChI=1S/C16H21F2NO4/c1-10-5-6-12(8-11(10)2)23-7-3-4-15(20)19-13(16(21)22)9-14(17)18/h5-6,8,13-14H,3-4,7,9H2,1-2H3,(H,19,20)(H,21,22). The maximum Gasteiger partial charge on any atom is 0.326 e. The fourth-order valence-electron chi connectivity index (χ4n) is 1.89. The SMILES string of the molecule is Cc1ccc(OCCCC(=O)NC(CC(F)F)C(=O)O)cc1C. The topological polar surface area (TPSA) is 75.6 Å². The van der Waals surface area contributed by atoms with Crippen LogP contribution < -0.4 is 10.1 Å². The molecule has 7 heteroatoms. The molecule has 128 valence electrons. The molecule has 0 saturated heterocycles. The predicted octanol–water partition coefficient (Wildman–Crippen LogP) is 2.69. The fraction of sp³-hybridized carbons (Fsp3) is 0.500. The number of carboxylic acid groups (broad SMARTS) is 1. The molecule has 1 aromatic carbocycles. The summed E-state index contributed by atoms with van der Waals surface area (Å²) in [5.41, 5.74) is 2.24. The van der Waals surface area contributed by atoms with E-state index in [0.717, 1.165) is 11.1 Å². The molecule has 5 nitrogen and oxygen atoms in total. The van der Waals surface area contributed by atoms with Gasteiger partial charge in [-0.3, -0.25) is 4.79 Å². The highest BCUT2D eigenvalue weighted by Gasteiger charge is 2.23. The third-order valence-electron chi connectivity index (χ3n) is 3.34. The second-order valence-electron chi connectivity index (χ2n) is 5.28. The van der Waals surface area contributed by atoms with Crippen molar-refractivity contribution in [3.8, 4) is 5.75 Å². The third kappa shape index (κ3) is 7.08. The van der Waals surface area contributed by atoms with Gasteiger partial charge < -0.3 is 15.2 Å². The van der Waals surface area contributed by atoms with Gasteiger partial charge in [0.15, 0.2) is 0 Å². The number of benzene rings is 1. The van der Waals surface area contributed by atoms with Gasteiger partial charge >= 0.3 is 5.97 Å². The van der Waals surface area contributed by atoms with Crippen molar-refractivity contribution in [1.82, 2.24) is 5.32 Å². The molecule has 0 spiro atoms. The molecule has 0 aliphatic heterocycles. The molecular formula is C16H21F2NO4. The normalized spacial score (nSPS) is 12.0. The summed E-state index contributed by atoms with van der Waals surface area (Å²) in [6.45, 7) is 4.23. The number of alkyl halides is 2. The Morgan fingerprint density at radius 2 is 1.96 bits per heavy atom. The molecule has 0 aliphatic rings. The van der Waals surface area contributed by atoms with E-state index in [1.54, 1.807) is 0 Å². The van der Waals surface area contributed by atoms with Crippen molar-refractivity contribution in [2.45, 2.75) is 45.6 Å². The van der Waals surface area contributed by atoms with Crippen molar-refractivity contribution in [2.75, 3.05) is 6.61 Å². The molecule has 1 unspecified atom stereocenters. The number of hydrogen-bond acceptors (Lipinski definition) is 3. The molecule has 1 amide bonds. The zero-order valence-corrected chi connectivity index (χ0v) is 13.1. The highest BCUT2D eigenvalue weighted by Crippen LogP contribution is 2.16. The monoisotopic (exact) mass is 329 g/mol. The van der Waals surface area contributed by atoms with Crippen molar-refractivity contribution in [3.63, 3.8) is 0 Å². The van der Waals surface area contributed by atoms with Crippen molar-refractivity contribution < 1.29 is 28.2 Å². The Hall–Kier alpha value is -2.18. The molecular weight excluding hydrogens is 308 g/mol. The van der Waals surface area contributed by atoms with Gasteiger partial charge in [0, 0.05) is 12.8 Å². The van der Waals surface area contributed by atoms with Crippen molar-refractivity contribution in [3.05, 3.63) is 29.3 Å². The minimum Gasteiger partial charge on any atom is -0.494 e. The van der Waals surface area contributed by atoms with Crippen LogP contribution in [0.4, 0.5) is 8.78 Å². The highest BCUT2D eigenvalue weighted by atomic mass is 19.3. The average molecular weight is 329 g/mol. The van der Waals surface area contributed by atoms with Crippen LogP contribution in [0.2, 0.25) is 0 Å². The Balaban J connectivity index is 2.32. The molecule has 2 N–H and O–H groups in total. The average Bonchev–Trinajstić information content (AvgIpc) is 2.46. The summed E-state index contributed by atoms with van der Waals surface area (Å²) < 4.78 is 29.9. The minimum atomic E-state index is -2.79. The number of carbonyl (C=O) groups is 2. The molecule has 0 fully saturated rings. The molecule has 0 bridgehead atoms. The Morgan fingerprint density at radius 3 is 2.52 bits per heavy atom. The van der Waals surface area contributed by atoms with Gasteiger partial charge in [0.1, 0.15) is 11.8 Å². The number of hydrogen-bond donors (Lipinski definition) is 2. The van der Waals surface area contributed by atoms with Crippen LogP contribution in [0.3, 0.4) is 0 Å². The minimum absolute atomic E-state index is 0.0118. The maximum atomic E-state index is 12.2. The summed E-state index contributed by atoms with van der Waals surface area (Å²) in [6.07, 6.45) is -3.32. The maximum absolute atomic E-state index is 12.2. The summed E-state index contributed by atoms with van der Waals surface area (Å²) in [5.74, 6) is -1.36. The van der Waals surface area contributed by atoms with Crippen LogP contribution >= 0.6 is 0 Å². The zero-order chi connectivity index (χ0) is 17.4. The smallest absolute Gasteiger partial charge is 0.326 e. The van der Waals surface area contributed by atoms with E-state index in [4.69, 9.17) is 9.84 Å². The summed E-state index contributed by atoms with van der Waals surface area (Å²) in [4.78, 5) is 22.3. The second kappa shape index (κ2) is 9.07. The molecule has 0 saturated carbocycles. The van der Waals surface area contributed by atoms with Crippen LogP contribution in [-0.4, -0.2) is 36.1 Å². The first-order chi connectivity index (χ1) is 10.8. The largest absolute Gasteiger partial charge is 0.494 e. The Bertz CT molecular complexity index is 549. The van der Waals surface area contributed by atoms with Crippen LogP contribution in [0.25, 0.3) is 0 Å². The first-order valence-corrected chi connectivity index (χ1v) is 7.30. The number of aryl methyl sites for hydroxylation is 2. The van der Waals surface area contributed by atoms with E-state index in [1.165, 1.54) is 0 Å². The molecule has 1 aromatic rings. The van der Waals surface area contributed by atoms with E-state index in [0.29, 0.717) is 12.2 Å². The second-order valence-corrected chi connectivity index (χ2v) is 5.28. The Kier molecular flexibility index (Phi) is 7.44. The van der Waals surface area contributed by atoms with E-state index in [1.807, 2.05) is 32.0 Å². The van der Waals surface area contributed by atoms with Crippen molar-refractivity contribution >= 4 is 11.9 Å².